The summed E-state index contributed by atoms with van der Waals surface area (Å²) in [6.07, 6.45) is 1.33. The van der Waals surface area contributed by atoms with Gasteiger partial charge < -0.3 is 13.9 Å². The molecule has 0 bridgehead atoms. The van der Waals surface area contributed by atoms with Crippen LogP contribution in [-0.4, -0.2) is 0 Å². The lowest BCUT2D eigenvalue weighted by Crippen LogP contribution is -2.05. The van der Waals surface area contributed by atoms with Crippen LogP contribution in [0.2, 0.25) is 5.02 Å². The molecule has 31 heavy (non-hydrogen) atoms. The summed E-state index contributed by atoms with van der Waals surface area (Å²) in [6, 6.07) is 26.2. The zero-order valence-corrected chi connectivity index (χ0v) is 17.1. The van der Waals surface area contributed by atoms with Crippen molar-refractivity contribution in [1.29, 1.82) is 0 Å². The number of hydrogen-bond donors (Lipinski definition) is 0. The molecule has 0 saturated heterocycles. The quantitative estimate of drug-likeness (QED) is 0.303. The molecule has 0 atom stereocenters. The molecule has 0 aliphatic carbocycles. The van der Waals surface area contributed by atoms with Gasteiger partial charge in [0.25, 0.3) is 0 Å². The normalized spacial score (nSPS) is 11.0. The van der Waals surface area contributed by atoms with Gasteiger partial charge in [-0.15, -0.1) is 0 Å². The summed E-state index contributed by atoms with van der Waals surface area (Å²) in [4.78, 5) is 12.9. The van der Waals surface area contributed by atoms with Gasteiger partial charge in [-0.25, -0.2) is 0 Å². The molecular weight excluding hydrogens is 412 g/mol. The largest absolute Gasteiger partial charge is 0.489 e. The van der Waals surface area contributed by atoms with Crippen molar-refractivity contribution in [3.8, 4) is 17.2 Å². The van der Waals surface area contributed by atoms with Gasteiger partial charge in [0.1, 0.15) is 30.0 Å². The van der Waals surface area contributed by atoms with E-state index in [1.807, 2.05) is 66.7 Å². The Morgan fingerprint density at radius 2 is 1.58 bits per heavy atom. The number of ether oxygens (including phenoxy) is 2. The molecule has 152 valence electrons. The Kier molecular flexibility index (Phi) is 5.06. The monoisotopic (exact) mass is 428 g/mol. The van der Waals surface area contributed by atoms with E-state index in [0.717, 1.165) is 16.3 Å². The van der Waals surface area contributed by atoms with Crippen molar-refractivity contribution in [3.05, 3.63) is 112 Å². The summed E-state index contributed by atoms with van der Waals surface area (Å²) in [5, 5.41) is 3.20. The zero-order chi connectivity index (χ0) is 21.2. The van der Waals surface area contributed by atoms with Crippen molar-refractivity contribution >= 4 is 33.3 Å². The maximum Gasteiger partial charge on any atom is 0.235 e. The highest BCUT2D eigenvalue weighted by atomic mass is 35.5. The first-order valence-corrected chi connectivity index (χ1v) is 10.1. The van der Waals surface area contributed by atoms with Gasteiger partial charge in [0.05, 0.1) is 5.39 Å². The van der Waals surface area contributed by atoms with E-state index in [1.54, 1.807) is 18.2 Å². The molecule has 0 aliphatic rings. The van der Waals surface area contributed by atoms with Gasteiger partial charge in [0.2, 0.25) is 11.2 Å². The highest BCUT2D eigenvalue weighted by Crippen LogP contribution is 2.27. The first-order chi connectivity index (χ1) is 15.2. The van der Waals surface area contributed by atoms with Gasteiger partial charge in [0.15, 0.2) is 0 Å². The fraction of sp³-hybridized carbons (Fsp3) is 0.0385. The number of benzene rings is 4. The second-order valence-corrected chi connectivity index (χ2v) is 7.49. The lowest BCUT2D eigenvalue weighted by Gasteiger charge is -2.09. The Hall–Kier alpha value is -3.76. The lowest BCUT2D eigenvalue weighted by molar-refractivity contribution is 0.306. The molecule has 0 radical (unpaired) electrons. The molecule has 1 heterocycles. The molecule has 5 aromatic rings. The topological polar surface area (TPSA) is 48.7 Å². The summed E-state index contributed by atoms with van der Waals surface area (Å²) in [5.74, 6) is 1.29. The molecule has 5 heteroatoms. The maximum atomic E-state index is 12.9. The van der Waals surface area contributed by atoms with Crippen LogP contribution in [0.1, 0.15) is 5.56 Å². The molecule has 0 saturated carbocycles. The van der Waals surface area contributed by atoms with Gasteiger partial charge in [-0.3, -0.25) is 4.79 Å². The predicted octanol–water partition coefficient (Wildman–Crippen LogP) is 6.97. The molecule has 0 N–H and O–H groups in total. The minimum atomic E-state index is -0.243. The average Bonchev–Trinajstić information content (AvgIpc) is 2.80. The Morgan fingerprint density at radius 1 is 0.806 bits per heavy atom. The van der Waals surface area contributed by atoms with Crippen molar-refractivity contribution in [3.63, 3.8) is 0 Å². The van der Waals surface area contributed by atoms with Crippen LogP contribution >= 0.6 is 11.6 Å². The molecule has 1 aromatic heterocycles. The van der Waals surface area contributed by atoms with Crippen LogP contribution < -0.4 is 14.9 Å². The third kappa shape index (κ3) is 3.98. The van der Waals surface area contributed by atoms with E-state index in [0.29, 0.717) is 34.1 Å². The highest BCUT2D eigenvalue weighted by molar-refractivity contribution is 6.31. The van der Waals surface area contributed by atoms with Gasteiger partial charge in [-0.05, 0) is 41.1 Å². The summed E-state index contributed by atoms with van der Waals surface area (Å²) in [5.41, 5.74) is 1.06. The van der Waals surface area contributed by atoms with Crippen molar-refractivity contribution in [2.45, 2.75) is 6.61 Å². The first kappa shape index (κ1) is 19.2. The SMILES string of the molecule is O=c1c(Oc2ccc3ccccc3c2)coc2cc(OCc3ccccc3Cl)ccc12. The van der Waals surface area contributed by atoms with Crippen molar-refractivity contribution in [1.82, 2.24) is 0 Å². The number of halogens is 1. The fourth-order valence-corrected chi connectivity index (χ4v) is 3.58. The van der Waals surface area contributed by atoms with Crippen LogP contribution in [-0.2, 0) is 6.61 Å². The molecule has 5 rings (SSSR count). The minimum absolute atomic E-state index is 0.132. The van der Waals surface area contributed by atoms with Crippen molar-refractivity contribution in [2.24, 2.45) is 0 Å². The Bertz CT molecular complexity index is 1460. The smallest absolute Gasteiger partial charge is 0.235 e. The molecule has 0 aliphatic heterocycles. The van der Waals surface area contributed by atoms with E-state index in [4.69, 9.17) is 25.5 Å². The summed E-state index contributed by atoms with van der Waals surface area (Å²) in [6.45, 7) is 0.318. The number of fused-ring (bicyclic) bond motifs is 2. The molecular formula is C26H17ClO4. The minimum Gasteiger partial charge on any atom is -0.489 e. The summed E-state index contributed by atoms with van der Waals surface area (Å²) >= 11 is 6.17. The molecule has 4 nitrogen and oxygen atoms in total. The Balaban J connectivity index is 1.39. The molecule has 0 spiro atoms. The van der Waals surface area contributed by atoms with E-state index < -0.39 is 0 Å². The summed E-state index contributed by atoms with van der Waals surface area (Å²) in [7, 11) is 0. The highest BCUT2D eigenvalue weighted by Gasteiger charge is 2.11. The average molecular weight is 429 g/mol. The predicted molar refractivity (Wildman–Crippen MR) is 122 cm³/mol. The lowest BCUT2D eigenvalue weighted by atomic mass is 10.1. The van der Waals surface area contributed by atoms with E-state index in [9.17, 15) is 4.79 Å². The van der Waals surface area contributed by atoms with E-state index >= 15 is 0 Å². The second kappa shape index (κ2) is 8.17. The molecule has 0 unspecified atom stereocenters. The zero-order valence-electron chi connectivity index (χ0n) is 16.4. The van der Waals surface area contributed by atoms with Crippen LogP contribution in [0.3, 0.4) is 0 Å². The van der Waals surface area contributed by atoms with E-state index in [2.05, 4.69) is 0 Å². The van der Waals surface area contributed by atoms with E-state index in [-0.39, 0.29) is 11.2 Å². The fourth-order valence-electron chi connectivity index (χ4n) is 3.39. The van der Waals surface area contributed by atoms with Crippen LogP contribution in [0.4, 0.5) is 0 Å². The number of rotatable bonds is 5. The molecule has 4 aromatic carbocycles. The van der Waals surface area contributed by atoms with Crippen molar-refractivity contribution in [2.75, 3.05) is 0 Å². The van der Waals surface area contributed by atoms with Gasteiger partial charge in [-0.1, -0.05) is 60.1 Å². The third-order valence-corrected chi connectivity index (χ3v) is 5.38. The van der Waals surface area contributed by atoms with Gasteiger partial charge in [-0.2, -0.15) is 0 Å². The van der Waals surface area contributed by atoms with Crippen LogP contribution in [0.15, 0.2) is 100 Å². The molecule has 0 amide bonds. The second-order valence-electron chi connectivity index (χ2n) is 7.08. The Morgan fingerprint density at radius 3 is 2.45 bits per heavy atom. The molecule has 0 fully saturated rings. The van der Waals surface area contributed by atoms with Crippen molar-refractivity contribution < 1.29 is 13.9 Å². The standard InChI is InChI=1S/C26H17ClO4/c27-23-8-4-3-7-19(23)15-29-20-11-12-22-24(14-20)30-16-25(26(22)28)31-21-10-9-17-5-1-2-6-18(17)13-21/h1-14,16H,15H2. The number of hydrogen-bond acceptors (Lipinski definition) is 4. The summed E-state index contributed by atoms with van der Waals surface area (Å²) < 4.78 is 17.3. The maximum absolute atomic E-state index is 12.9. The van der Waals surface area contributed by atoms with Gasteiger partial charge in [0, 0.05) is 16.7 Å². The third-order valence-electron chi connectivity index (χ3n) is 5.02. The van der Waals surface area contributed by atoms with Gasteiger partial charge >= 0.3 is 0 Å². The Labute approximate surface area is 183 Å². The first-order valence-electron chi connectivity index (χ1n) is 9.76. The van der Waals surface area contributed by atoms with Crippen LogP contribution in [0.5, 0.6) is 17.2 Å². The van der Waals surface area contributed by atoms with Crippen LogP contribution in [0, 0.1) is 0 Å². The van der Waals surface area contributed by atoms with Crippen LogP contribution in [0.25, 0.3) is 21.7 Å². The van der Waals surface area contributed by atoms with E-state index in [1.165, 1.54) is 6.26 Å².